The van der Waals surface area contributed by atoms with Crippen LogP contribution >= 0.6 is 31.9 Å². The van der Waals surface area contributed by atoms with Crippen LogP contribution in [0.4, 0.5) is 0 Å². The molecule has 0 aliphatic rings. The molecular weight excluding hydrogens is 370 g/mol. The molecule has 2 nitrogen and oxygen atoms in total. The number of ether oxygens (including phenoxy) is 1. The van der Waals surface area contributed by atoms with E-state index in [1.807, 2.05) is 0 Å². The summed E-state index contributed by atoms with van der Waals surface area (Å²) in [5.74, 6) is 0. The van der Waals surface area contributed by atoms with E-state index in [9.17, 15) is 0 Å². The van der Waals surface area contributed by atoms with Crippen LogP contribution in [0.25, 0.3) is 0 Å². The molecule has 108 valence electrons. The maximum Gasteiger partial charge on any atom is 0.0467 e. The summed E-state index contributed by atoms with van der Waals surface area (Å²) < 4.78 is 7.39. The molecule has 1 unspecified atom stereocenters. The number of hydrogen-bond acceptors (Lipinski definition) is 2. The normalized spacial score (nSPS) is 13.6. The van der Waals surface area contributed by atoms with Crippen molar-refractivity contribution in [2.75, 3.05) is 20.3 Å². The van der Waals surface area contributed by atoms with Gasteiger partial charge in [-0.1, -0.05) is 51.8 Å². The predicted molar refractivity (Wildman–Crippen MR) is 88.5 cm³/mol. The highest BCUT2D eigenvalue weighted by atomic mass is 79.9. The van der Waals surface area contributed by atoms with Gasteiger partial charge < -0.3 is 10.1 Å². The van der Waals surface area contributed by atoms with Crippen molar-refractivity contribution in [3.05, 3.63) is 32.7 Å². The molecule has 0 radical (unpaired) electrons. The Morgan fingerprint density at radius 2 is 2.00 bits per heavy atom. The summed E-state index contributed by atoms with van der Waals surface area (Å²) >= 11 is 7.10. The molecule has 0 saturated carbocycles. The average molecular weight is 393 g/mol. The van der Waals surface area contributed by atoms with E-state index in [-0.39, 0.29) is 5.41 Å². The molecule has 0 spiro atoms. The summed E-state index contributed by atoms with van der Waals surface area (Å²) in [6, 6.07) is 6.63. The van der Waals surface area contributed by atoms with Gasteiger partial charge in [0, 0.05) is 35.2 Å². The number of benzene rings is 1. The second-order valence-corrected chi connectivity index (χ2v) is 7.45. The van der Waals surface area contributed by atoms with Gasteiger partial charge >= 0.3 is 0 Å². The maximum atomic E-state index is 5.16. The zero-order valence-corrected chi connectivity index (χ0v) is 15.3. The van der Waals surface area contributed by atoms with Gasteiger partial charge in [0.1, 0.15) is 0 Å². The predicted octanol–water partition coefficient (Wildman–Crippen LogP) is 4.92. The van der Waals surface area contributed by atoms with Gasteiger partial charge in [-0.05, 0) is 36.5 Å². The van der Waals surface area contributed by atoms with Gasteiger partial charge in [-0.15, -0.1) is 0 Å². The number of nitrogens with one attached hydrogen (secondary N) is 1. The quantitative estimate of drug-likeness (QED) is 0.710. The first-order valence-corrected chi connectivity index (χ1v) is 8.11. The monoisotopic (exact) mass is 391 g/mol. The summed E-state index contributed by atoms with van der Waals surface area (Å²) in [5, 5.41) is 3.61. The van der Waals surface area contributed by atoms with Crippen molar-refractivity contribution >= 4 is 31.9 Å². The van der Waals surface area contributed by atoms with Crippen LogP contribution in [0, 0.1) is 5.41 Å². The standard InChI is InChI=1S/C15H23Br2NO/c1-11(13-6-5-12(16)9-14(13)17)18-10-15(2,3)7-8-19-4/h5-6,9,11,18H,7-8,10H2,1-4H3. The van der Waals surface area contributed by atoms with E-state index < -0.39 is 0 Å². The fraction of sp³-hybridized carbons (Fsp3) is 0.600. The lowest BCUT2D eigenvalue weighted by Crippen LogP contribution is -2.32. The molecule has 1 aromatic carbocycles. The maximum absolute atomic E-state index is 5.16. The van der Waals surface area contributed by atoms with E-state index in [0.29, 0.717) is 6.04 Å². The third-order valence-corrected chi connectivity index (χ3v) is 4.48. The Labute approximate surface area is 133 Å². The van der Waals surface area contributed by atoms with E-state index in [1.165, 1.54) is 5.56 Å². The van der Waals surface area contributed by atoms with Gasteiger partial charge in [0.25, 0.3) is 0 Å². The zero-order chi connectivity index (χ0) is 14.5. The van der Waals surface area contributed by atoms with E-state index in [2.05, 4.69) is 76.1 Å². The van der Waals surface area contributed by atoms with E-state index >= 15 is 0 Å². The second kappa shape index (κ2) is 7.77. The number of hydrogen-bond donors (Lipinski definition) is 1. The third-order valence-electron chi connectivity index (χ3n) is 3.30. The molecule has 1 atom stereocenters. The molecule has 19 heavy (non-hydrogen) atoms. The molecule has 0 saturated heterocycles. The van der Waals surface area contributed by atoms with Crippen molar-refractivity contribution < 1.29 is 4.74 Å². The number of rotatable bonds is 7. The summed E-state index contributed by atoms with van der Waals surface area (Å²) in [4.78, 5) is 0. The van der Waals surface area contributed by atoms with Crippen LogP contribution in [0.15, 0.2) is 27.1 Å². The fourth-order valence-corrected chi connectivity index (χ4v) is 3.25. The van der Waals surface area contributed by atoms with Gasteiger partial charge in [0.15, 0.2) is 0 Å². The third kappa shape index (κ3) is 5.94. The molecule has 1 rings (SSSR count). The molecule has 1 aromatic rings. The van der Waals surface area contributed by atoms with Gasteiger partial charge in [-0.3, -0.25) is 0 Å². The van der Waals surface area contributed by atoms with Gasteiger partial charge in [-0.2, -0.15) is 0 Å². The molecular formula is C15H23Br2NO. The highest BCUT2D eigenvalue weighted by Gasteiger charge is 2.19. The molecule has 0 aliphatic heterocycles. The molecule has 0 heterocycles. The van der Waals surface area contributed by atoms with Crippen molar-refractivity contribution in [2.24, 2.45) is 5.41 Å². The van der Waals surface area contributed by atoms with Crippen LogP contribution < -0.4 is 5.32 Å². The number of halogens is 2. The first kappa shape index (κ1) is 17.2. The van der Waals surface area contributed by atoms with Crippen LogP contribution in [-0.4, -0.2) is 20.3 Å². The fourth-order valence-electron chi connectivity index (χ4n) is 1.86. The van der Waals surface area contributed by atoms with Crippen molar-refractivity contribution in [1.29, 1.82) is 0 Å². The van der Waals surface area contributed by atoms with Crippen LogP contribution in [0.1, 0.15) is 38.8 Å². The van der Waals surface area contributed by atoms with E-state index in [0.717, 1.165) is 28.5 Å². The van der Waals surface area contributed by atoms with Crippen LogP contribution in [0.3, 0.4) is 0 Å². The van der Waals surface area contributed by atoms with Crippen LogP contribution in [0.2, 0.25) is 0 Å². The van der Waals surface area contributed by atoms with E-state index in [4.69, 9.17) is 4.74 Å². The summed E-state index contributed by atoms with van der Waals surface area (Å²) in [5.41, 5.74) is 1.53. The molecule has 1 N–H and O–H groups in total. The van der Waals surface area contributed by atoms with Crippen molar-refractivity contribution in [3.8, 4) is 0 Å². The number of methoxy groups -OCH3 is 1. The van der Waals surface area contributed by atoms with Gasteiger partial charge in [-0.25, -0.2) is 0 Å². The minimum absolute atomic E-state index is 0.242. The van der Waals surface area contributed by atoms with Gasteiger partial charge in [0.2, 0.25) is 0 Å². The molecule has 0 amide bonds. The zero-order valence-electron chi connectivity index (χ0n) is 12.1. The van der Waals surface area contributed by atoms with Crippen LogP contribution in [0.5, 0.6) is 0 Å². The highest BCUT2D eigenvalue weighted by Crippen LogP contribution is 2.28. The van der Waals surface area contributed by atoms with Crippen molar-refractivity contribution in [2.45, 2.75) is 33.2 Å². The lowest BCUT2D eigenvalue weighted by atomic mass is 9.89. The van der Waals surface area contributed by atoms with Gasteiger partial charge in [0.05, 0.1) is 0 Å². The smallest absolute Gasteiger partial charge is 0.0467 e. The Kier molecular flexibility index (Phi) is 7.01. The Morgan fingerprint density at radius 1 is 1.32 bits per heavy atom. The SMILES string of the molecule is COCCC(C)(C)CNC(C)c1ccc(Br)cc1Br. The second-order valence-electron chi connectivity index (χ2n) is 5.68. The molecule has 0 bridgehead atoms. The Balaban J connectivity index is 2.57. The van der Waals surface area contributed by atoms with Crippen LogP contribution in [-0.2, 0) is 4.74 Å². The summed E-state index contributed by atoms with van der Waals surface area (Å²) in [6.45, 7) is 8.51. The molecule has 4 heteroatoms. The van der Waals surface area contributed by atoms with E-state index in [1.54, 1.807) is 7.11 Å². The summed E-state index contributed by atoms with van der Waals surface area (Å²) in [7, 11) is 1.76. The lowest BCUT2D eigenvalue weighted by molar-refractivity contribution is 0.149. The average Bonchev–Trinajstić information content (AvgIpc) is 2.34. The largest absolute Gasteiger partial charge is 0.385 e. The Morgan fingerprint density at radius 3 is 2.58 bits per heavy atom. The molecule has 0 aromatic heterocycles. The minimum atomic E-state index is 0.242. The molecule has 0 fully saturated rings. The Bertz CT molecular complexity index is 407. The first-order chi connectivity index (χ1) is 8.85. The van der Waals surface area contributed by atoms with Crippen molar-refractivity contribution in [1.82, 2.24) is 5.32 Å². The summed E-state index contributed by atoms with van der Waals surface area (Å²) in [6.07, 6.45) is 1.06. The molecule has 0 aliphatic carbocycles. The Hall–Kier alpha value is 0.1000. The first-order valence-electron chi connectivity index (χ1n) is 6.53. The minimum Gasteiger partial charge on any atom is -0.385 e. The van der Waals surface area contributed by atoms with Crippen molar-refractivity contribution in [3.63, 3.8) is 0 Å². The lowest BCUT2D eigenvalue weighted by Gasteiger charge is -2.27. The topological polar surface area (TPSA) is 21.3 Å². The highest BCUT2D eigenvalue weighted by molar-refractivity contribution is 9.11.